The van der Waals surface area contributed by atoms with E-state index in [1.54, 1.807) is 11.3 Å². The molecule has 2 heterocycles. The van der Waals surface area contributed by atoms with Crippen LogP contribution in [0.5, 0.6) is 0 Å². The molecule has 1 aliphatic carbocycles. The molecule has 1 aromatic carbocycles. The van der Waals surface area contributed by atoms with Crippen molar-refractivity contribution in [2.24, 2.45) is 10.9 Å². The summed E-state index contributed by atoms with van der Waals surface area (Å²) in [5, 5.41) is 15.6. The molecule has 7 heteroatoms. The van der Waals surface area contributed by atoms with Crippen molar-refractivity contribution in [3.63, 3.8) is 0 Å². The van der Waals surface area contributed by atoms with Gasteiger partial charge in [-0.2, -0.15) is 5.26 Å². The standard InChI is InChI=1S/C24H23N3O2S2/c1-14-8-9-15(2)18(11-14)26-21(29)13-31-24-16(12-25)22(20-7-4-10-30-20)23-17(27-24)5-3-6-19(23)28/h4,7-11,16,22H,3,5-6,13H2,1-2H3,(H,26,29). The van der Waals surface area contributed by atoms with Crippen molar-refractivity contribution in [1.82, 2.24) is 0 Å². The number of thioether (sulfide) groups is 1. The Hall–Kier alpha value is -2.69. The zero-order chi connectivity index (χ0) is 22.0. The third-order valence-electron chi connectivity index (χ3n) is 5.59. The van der Waals surface area contributed by atoms with Gasteiger partial charge >= 0.3 is 0 Å². The molecule has 0 saturated carbocycles. The molecule has 158 valence electrons. The molecule has 2 aliphatic rings. The van der Waals surface area contributed by atoms with Crippen LogP contribution in [0.1, 0.15) is 41.2 Å². The maximum atomic E-state index is 12.7. The normalized spacial score (nSPS) is 20.7. The van der Waals surface area contributed by atoms with Gasteiger partial charge in [0, 0.05) is 34.2 Å². The van der Waals surface area contributed by atoms with E-state index in [0.29, 0.717) is 17.0 Å². The van der Waals surface area contributed by atoms with Crippen molar-refractivity contribution in [3.05, 3.63) is 63.0 Å². The van der Waals surface area contributed by atoms with Gasteiger partial charge in [-0.15, -0.1) is 11.3 Å². The van der Waals surface area contributed by atoms with E-state index in [9.17, 15) is 14.9 Å². The molecule has 0 radical (unpaired) electrons. The molecule has 4 rings (SSSR count). The number of ketones is 1. The summed E-state index contributed by atoms with van der Waals surface area (Å²) in [7, 11) is 0. The number of carbonyl (C=O) groups is 2. The van der Waals surface area contributed by atoms with E-state index in [1.807, 2.05) is 49.6 Å². The first-order valence-electron chi connectivity index (χ1n) is 10.3. The molecule has 1 amide bonds. The summed E-state index contributed by atoms with van der Waals surface area (Å²) < 4.78 is 0. The number of aryl methyl sites for hydroxylation is 2. The van der Waals surface area contributed by atoms with Crippen LogP contribution in [0.3, 0.4) is 0 Å². The minimum Gasteiger partial charge on any atom is -0.325 e. The van der Waals surface area contributed by atoms with Crippen molar-refractivity contribution >= 4 is 45.5 Å². The second-order valence-electron chi connectivity index (χ2n) is 7.84. The van der Waals surface area contributed by atoms with Crippen LogP contribution in [0, 0.1) is 31.1 Å². The van der Waals surface area contributed by atoms with Crippen LogP contribution in [0.4, 0.5) is 5.69 Å². The van der Waals surface area contributed by atoms with Gasteiger partial charge in [0.15, 0.2) is 5.78 Å². The number of nitrogens with zero attached hydrogens (tertiary/aromatic N) is 2. The quantitative estimate of drug-likeness (QED) is 0.679. The highest BCUT2D eigenvalue weighted by Gasteiger charge is 2.41. The summed E-state index contributed by atoms with van der Waals surface area (Å²) in [6.45, 7) is 3.94. The van der Waals surface area contributed by atoms with Gasteiger partial charge in [-0.3, -0.25) is 9.59 Å². The van der Waals surface area contributed by atoms with Crippen LogP contribution in [0.2, 0.25) is 0 Å². The molecular weight excluding hydrogens is 426 g/mol. The van der Waals surface area contributed by atoms with E-state index in [4.69, 9.17) is 4.99 Å². The van der Waals surface area contributed by atoms with E-state index in [0.717, 1.165) is 40.2 Å². The molecule has 1 N–H and O–H groups in total. The Kier molecular flexibility index (Phi) is 6.40. The highest BCUT2D eigenvalue weighted by atomic mass is 32.2. The zero-order valence-corrected chi connectivity index (χ0v) is 19.1. The molecule has 2 atom stereocenters. The molecule has 2 unspecified atom stereocenters. The van der Waals surface area contributed by atoms with Crippen molar-refractivity contribution < 1.29 is 9.59 Å². The van der Waals surface area contributed by atoms with Gasteiger partial charge < -0.3 is 5.32 Å². The van der Waals surface area contributed by atoms with E-state index in [1.165, 1.54) is 11.8 Å². The fourth-order valence-corrected chi connectivity index (χ4v) is 5.82. The molecule has 31 heavy (non-hydrogen) atoms. The number of rotatable bonds is 4. The molecule has 1 aromatic heterocycles. The third-order valence-corrected chi connectivity index (χ3v) is 7.59. The van der Waals surface area contributed by atoms with E-state index >= 15 is 0 Å². The van der Waals surface area contributed by atoms with Gasteiger partial charge in [-0.05, 0) is 55.3 Å². The molecular formula is C24H23N3O2S2. The third kappa shape index (κ3) is 4.51. The minimum absolute atomic E-state index is 0.0976. The average Bonchev–Trinajstić information content (AvgIpc) is 3.28. The number of nitriles is 1. The number of aliphatic imine (C=N–C) groups is 1. The SMILES string of the molecule is Cc1ccc(C)c(NC(=O)CSC2=NC3=C(C(=O)CCC3)C(c3cccs3)C2C#N)c1. The van der Waals surface area contributed by atoms with Crippen LogP contribution < -0.4 is 5.32 Å². The first-order valence-corrected chi connectivity index (χ1v) is 12.1. The van der Waals surface area contributed by atoms with Crippen molar-refractivity contribution in [2.45, 2.75) is 39.0 Å². The summed E-state index contributed by atoms with van der Waals surface area (Å²) in [4.78, 5) is 31.1. The second-order valence-corrected chi connectivity index (χ2v) is 9.82. The van der Waals surface area contributed by atoms with E-state index in [-0.39, 0.29) is 23.4 Å². The highest BCUT2D eigenvalue weighted by molar-refractivity contribution is 8.14. The molecule has 0 bridgehead atoms. The van der Waals surface area contributed by atoms with Gasteiger partial charge in [-0.1, -0.05) is 30.0 Å². The summed E-state index contributed by atoms with van der Waals surface area (Å²) >= 11 is 2.86. The fraction of sp³-hybridized carbons (Fsp3) is 0.333. The molecule has 0 fully saturated rings. The Labute approximate surface area is 190 Å². The number of Topliss-reactive ketones (excluding diaryl/α,β-unsaturated/α-hetero) is 1. The number of allylic oxidation sites excluding steroid dienone is 2. The Morgan fingerprint density at radius 3 is 2.90 bits per heavy atom. The first-order chi connectivity index (χ1) is 15.0. The lowest BCUT2D eigenvalue weighted by atomic mass is 9.77. The fourth-order valence-electron chi connectivity index (χ4n) is 4.05. The smallest absolute Gasteiger partial charge is 0.234 e. The Morgan fingerprint density at radius 2 is 2.16 bits per heavy atom. The van der Waals surface area contributed by atoms with Crippen molar-refractivity contribution in [1.29, 1.82) is 5.26 Å². The Bertz CT molecular complexity index is 1130. The molecule has 0 spiro atoms. The largest absolute Gasteiger partial charge is 0.325 e. The lowest BCUT2D eigenvalue weighted by Crippen LogP contribution is -2.31. The molecule has 2 aromatic rings. The van der Waals surface area contributed by atoms with Gasteiger partial charge in [0.05, 0.1) is 16.9 Å². The first kappa shape index (κ1) is 21.5. The van der Waals surface area contributed by atoms with Crippen molar-refractivity contribution in [2.75, 3.05) is 11.1 Å². The van der Waals surface area contributed by atoms with E-state index in [2.05, 4.69) is 11.4 Å². The number of anilines is 1. The second kappa shape index (κ2) is 9.21. The minimum atomic E-state index is -0.557. The lowest BCUT2D eigenvalue weighted by molar-refractivity contribution is -0.116. The summed E-state index contributed by atoms with van der Waals surface area (Å²) in [6.07, 6.45) is 2.02. The summed E-state index contributed by atoms with van der Waals surface area (Å²) in [6, 6.07) is 12.2. The topological polar surface area (TPSA) is 82.3 Å². The molecule has 5 nitrogen and oxygen atoms in total. The van der Waals surface area contributed by atoms with Crippen LogP contribution in [0.15, 0.2) is 52.0 Å². The van der Waals surface area contributed by atoms with Crippen LogP contribution >= 0.6 is 23.1 Å². The zero-order valence-electron chi connectivity index (χ0n) is 17.5. The van der Waals surface area contributed by atoms with Crippen molar-refractivity contribution in [3.8, 4) is 6.07 Å². The van der Waals surface area contributed by atoms with Crippen LogP contribution in [-0.4, -0.2) is 22.5 Å². The predicted octanol–water partition coefficient (Wildman–Crippen LogP) is 5.38. The number of hydrogen-bond donors (Lipinski definition) is 1. The number of benzene rings is 1. The van der Waals surface area contributed by atoms with Gasteiger partial charge in [0.2, 0.25) is 5.91 Å². The Morgan fingerprint density at radius 1 is 1.32 bits per heavy atom. The van der Waals surface area contributed by atoms with Crippen LogP contribution in [0.25, 0.3) is 0 Å². The number of hydrogen-bond acceptors (Lipinski definition) is 6. The van der Waals surface area contributed by atoms with Gasteiger partial charge in [0.1, 0.15) is 5.92 Å². The highest BCUT2D eigenvalue weighted by Crippen LogP contribution is 2.45. The maximum absolute atomic E-state index is 12.7. The summed E-state index contributed by atoms with van der Waals surface area (Å²) in [5.41, 5.74) is 4.37. The number of nitrogens with one attached hydrogen (secondary N) is 1. The molecule has 1 aliphatic heterocycles. The van der Waals surface area contributed by atoms with E-state index < -0.39 is 5.92 Å². The van der Waals surface area contributed by atoms with Crippen LogP contribution in [-0.2, 0) is 9.59 Å². The Balaban J connectivity index is 1.57. The van der Waals surface area contributed by atoms with Gasteiger partial charge in [-0.25, -0.2) is 4.99 Å². The van der Waals surface area contributed by atoms with Gasteiger partial charge in [0.25, 0.3) is 0 Å². The lowest BCUT2D eigenvalue weighted by Gasteiger charge is -2.32. The molecule has 0 saturated heterocycles. The summed E-state index contributed by atoms with van der Waals surface area (Å²) in [5.74, 6) is -0.726. The monoisotopic (exact) mass is 449 g/mol. The maximum Gasteiger partial charge on any atom is 0.234 e. The number of thiophene rings is 1. The number of carbonyl (C=O) groups excluding carboxylic acids is 2. The predicted molar refractivity (Wildman–Crippen MR) is 126 cm³/mol. The average molecular weight is 450 g/mol. The number of amides is 1.